The number of piperidine rings is 2. The molecule has 0 bridgehead atoms. The molecule has 3 aliphatic heterocycles. The van der Waals surface area contributed by atoms with Crippen LogP contribution in [0.25, 0.3) is 10.1 Å². The summed E-state index contributed by atoms with van der Waals surface area (Å²) in [6.45, 7) is 5.65. The van der Waals surface area contributed by atoms with Gasteiger partial charge in [0, 0.05) is 54.4 Å². The van der Waals surface area contributed by atoms with E-state index in [1.54, 1.807) is 0 Å². The highest BCUT2D eigenvalue weighted by Gasteiger charge is 2.38. The summed E-state index contributed by atoms with van der Waals surface area (Å²) >= 11 is 1.94. The summed E-state index contributed by atoms with van der Waals surface area (Å²) in [5.41, 5.74) is 0. The average Bonchev–Trinajstić information content (AvgIpc) is 3.16. The molecule has 1 aromatic carbocycles. The van der Waals surface area contributed by atoms with Crippen molar-refractivity contribution in [1.29, 1.82) is 0 Å². The Kier molecular flexibility index (Phi) is 5.40. The number of fused-ring (bicyclic) bond motifs is 2. The third kappa shape index (κ3) is 3.72. The fraction of sp³-hybridized carbons (Fsp3) is 0.609. The van der Waals surface area contributed by atoms with E-state index < -0.39 is 0 Å². The first-order valence-corrected chi connectivity index (χ1v) is 11.7. The van der Waals surface area contributed by atoms with Gasteiger partial charge in [-0.2, -0.15) is 0 Å². The van der Waals surface area contributed by atoms with Crippen LogP contribution in [0.1, 0.15) is 37.0 Å². The van der Waals surface area contributed by atoms with Crippen molar-refractivity contribution in [2.24, 2.45) is 11.8 Å². The number of amides is 1. The van der Waals surface area contributed by atoms with Gasteiger partial charge >= 0.3 is 0 Å². The molecule has 5 heteroatoms. The summed E-state index contributed by atoms with van der Waals surface area (Å²) < 4.78 is 6.83. The average molecular weight is 399 g/mol. The van der Waals surface area contributed by atoms with Crippen molar-refractivity contribution in [1.82, 2.24) is 9.80 Å². The first-order chi connectivity index (χ1) is 13.8. The van der Waals surface area contributed by atoms with Gasteiger partial charge < -0.3 is 9.64 Å². The standard InChI is InChI=1S/C23H30N2O2S/c26-23(17-8-12-27-13-9-17)25-11-7-21-19(15-25)5-3-10-24(21)16-20-14-18-4-1-2-6-22(18)28-20/h1-2,4,6,14,17,19,21H,3,5,7-13,15-16H2/t19-,21+/m1/s1. The van der Waals surface area contributed by atoms with E-state index in [4.69, 9.17) is 4.74 Å². The number of benzene rings is 1. The lowest BCUT2D eigenvalue weighted by Gasteiger charge is -2.47. The lowest BCUT2D eigenvalue weighted by Crippen LogP contribution is -2.55. The first kappa shape index (κ1) is 18.6. The van der Waals surface area contributed by atoms with Gasteiger partial charge in [0.1, 0.15) is 0 Å². The van der Waals surface area contributed by atoms with Gasteiger partial charge in [0.05, 0.1) is 0 Å². The minimum absolute atomic E-state index is 0.198. The summed E-state index contributed by atoms with van der Waals surface area (Å²) in [6.07, 6.45) is 5.46. The van der Waals surface area contributed by atoms with Crippen LogP contribution in [0.15, 0.2) is 30.3 Å². The molecule has 0 unspecified atom stereocenters. The number of carbonyl (C=O) groups is 1. The fourth-order valence-corrected chi connectivity index (χ4v) is 6.51. The molecule has 4 nitrogen and oxygen atoms in total. The second-order valence-corrected chi connectivity index (χ2v) is 9.82. The van der Waals surface area contributed by atoms with Gasteiger partial charge in [0.25, 0.3) is 0 Å². The molecule has 2 aromatic rings. The molecule has 28 heavy (non-hydrogen) atoms. The number of ether oxygens (including phenoxy) is 1. The lowest BCUT2D eigenvalue weighted by molar-refractivity contribution is -0.142. The van der Waals surface area contributed by atoms with Crippen LogP contribution in [-0.2, 0) is 16.1 Å². The zero-order valence-corrected chi connectivity index (χ0v) is 17.3. The van der Waals surface area contributed by atoms with Crippen molar-refractivity contribution in [2.45, 2.75) is 44.7 Å². The molecule has 0 spiro atoms. The molecule has 5 rings (SSSR count). The van der Waals surface area contributed by atoms with Gasteiger partial charge in [0.2, 0.25) is 5.91 Å². The summed E-state index contributed by atoms with van der Waals surface area (Å²) in [4.78, 5) is 19.3. The molecule has 0 aliphatic carbocycles. The van der Waals surface area contributed by atoms with Crippen molar-refractivity contribution < 1.29 is 9.53 Å². The second kappa shape index (κ2) is 8.13. The zero-order chi connectivity index (χ0) is 18.9. The zero-order valence-electron chi connectivity index (χ0n) is 16.5. The number of likely N-dealkylation sites (tertiary alicyclic amines) is 2. The number of nitrogens with zero attached hydrogens (tertiary/aromatic N) is 2. The number of hydrogen-bond acceptors (Lipinski definition) is 4. The molecular weight excluding hydrogens is 368 g/mol. The molecule has 3 aliphatic rings. The minimum Gasteiger partial charge on any atom is -0.381 e. The Balaban J connectivity index is 1.24. The van der Waals surface area contributed by atoms with Gasteiger partial charge in [-0.3, -0.25) is 9.69 Å². The van der Waals surface area contributed by atoms with Crippen molar-refractivity contribution in [3.05, 3.63) is 35.2 Å². The maximum absolute atomic E-state index is 13.0. The Hall–Kier alpha value is -1.43. The van der Waals surface area contributed by atoms with Gasteiger partial charge in [-0.15, -0.1) is 11.3 Å². The van der Waals surface area contributed by atoms with Crippen molar-refractivity contribution in [3.8, 4) is 0 Å². The Morgan fingerprint density at radius 3 is 2.82 bits per heavy atom. The Morgan fingerprint density at radius 1 is 1.11 bits per heavy atom. The van der Waals surface area contributed by atoms with Crippen LogP contribution >= 0.6 is 11.3 Å². The SMILES string of the molecule is O=C(C1CCOCC1)N1CC[C@H]2[C@H](CCCN2Cc2cc3ccccc3s2)C1. The first-order valence-electron chi connectivity index (χ1n) is 10.9. The van der Waals surface area contributed by atoms with E-state index in [1.807, 2.05) is 11.3 Å². The normalized spacial score (nSPS) is 27.1. The predicted molar refractivity (Wildman–Crippen MR) is 113 cm³/mol. The van der Waals surface area contributed by atoms with Gasteiger partial charge in [0.15, 0.2) is 0 Å². The number of rotatable bonds is 3. The van der Waals surface area contributed by atoms with E-state index in [9.17, 15) is 4.79 Å². The van der Waals surface area contributed by atoms with Crippen LogP contribution in [-0.4, -0.2) is 54.6 Å². The molecular formula is C23H30N2O2S. The monoisotopic (exact) mass is 398 g/mol. The molecule has 1 amide bonds. The molecule has 3 saturated heterocycles. The largest absolute Gasteiger partial charge is 0.381 e. The Labute approximate surface area is 171 Å². The van der Waals surface area contributed by atoms with Gasteiger partial charge in [-0.25, -0.2) is 0 Å². The summed E-state index contributed by atoms with van der Waals surface area (Å²) in [7, 11) is 0. The van der Waals surface area contributed by atoms with Crippen LogP contribution in [0.4, 0.5) is 0 Å². The van der Waals surface area contributed by atoms with Gasteiger partial charge in [-0.05, 0) is 62.1 Å². The molecule has 2 atom stereocenters. The molecule has 0 N–H and O–H groups in total. The van der Waals surface area contributed by atoms with Crippen LogP contribution in [0, 0.1) is 11.8 Å². The molecule has 0 saturated carbocycles. The Morgan fingerprint density at radius 2 is 1.96 bits per heavy atom. The topological polar surface area (TPSA) is 32.8 Å². The third-order valence-corrected chi connectivity index (χ3v) is 8.00. The smallest absolute Gasteiger partial charge is 0.225 e. The highest BCUT2D eigenvalue weighted by molar-refractivity contribution is 7.19. The summed E-state index contributed by atoms with van der Waals surface area (Å²) in [5.74, 6) is 1.23. The lowest BCUT2D eigenvalue weighted by atomic mass is 9.83. The van der Waals surface area contributed by atoms with E-state index in [0.717, 1.165) is 52.1 Å². The highest BCUT2D eigenvalue weighted by Crippen LogP contribution is 2.34. The van der Waals surface area contributed by atoms with Gasteiger partial charge in [-0.1, -0.05) is 18.2 Å². The van der Waals surface area contributed by atoms with E-state index in [1.165, 1.54) is 34.3 Å². The van der Waals surface area contributed by atoms with Crippen LogP contribution < -0.4 is 0 Å². The maximum Gasteiger partial charge on any atom is 0.225 e. The van der Waals surface area contributed by atoms with E-state index in [2.05, 4.69) is 40.1 Å². The minimum atomic E-state index is 0.198. The quantitative estimate of drug-likeness (QED) is 0.779. The fourth-order valence-electron chi connectivity index (χ4n) is 5.42. The number of carbonyl (C=O) groups excluding carboxylic acids is 1. The third-order valence-electron chi connectivity index (χ3n) is 6.90. The Bertz CT molecular complexity index is 796. The number of hydrogen-bond donors (Lipinski definition) is 0. The van der Waals surface area contributed by atoms with Crippen molar-refractivity contribution in [3.63, 3.8) is 0 Å². The molecule has 150 valence electrons. The maximum atomic E-state index is 13.0. The molecule has 0 radical (unpaired) electrons. The van der Waals surface area contributed by atoms with E-state index >= 15 is 0 Å². The number of thiophene rings is 1. The summed E-state index contributed by atoms with van der Waals surface area (Å²) in [6, 6.07) is 11.7. The summed E-state index contributed by atoms with van der Waals surface area (Å²) in [5, 5.41) is 1.37. The van der Waals surface area contributed by atoms with Crippen LogP contribution in [0.2, 0.25) is 0 Å². The molecule has 3 fully saturated rings. The molecule has 4 heterocycles. The van der Waals surface area contributed by atoms with Crippen molar-refractivity contribution in [2.75, 3.05) is 32.8 Å². The van der Waals surface area contributed by atoms with Crippen LogP contribution in [0.3, 0.4) is 0 Å². The highest BCUT2D eigenvalue weighted by atomic mass is 32.1. The van der Waals surface area contributed by atoms with E-state index in [0.29, 0.717) is 17.9 Å². The van der Waals surface area contributed by atoms with E-state index in [-0.39, 0.29) is 5.92 Å². The van der Waals surface area contributed by atoms with Crippen molar-refractivity contribution >= 4 is 27.3 Å². The predicted octanol–water partition coefficient (Wildman–Crippen LogP) is 4.14. The second-order valence-electron chi connectivity index (χ2n) is 8.65. The van der Waals surface area contributed by atoms with Crippen LogP contribution in [0.5, 0.6) is 0 Å². The molecule has 1 aromatic heterocycles.